The summed E-state index contributed by atoms with van der Waals surface area (Å²) in [7, 11) is 0. The van der Waals surface area contributed by atoms with Crippen molar-refractivity contribution >= 4 is 17.3 Å². The molecule has 2 aromatic heterocycles. The first kappa shape index (κ1) is 19.4. The molecule has 152 valence electrons. The number of amides is 1. The van der Waals surface area contributed by atoms with E-state index in [4.69, 9.17) is 4.42 Å². The molecule has 2 N–H and O–H groups in total. The molecule has 8 nitrogen and oxygen atoms in total. The molecular weight excluding hydrogens is 380 g/mol. The summed E-state index contributed by atoms with van der Waals surface area (Å²) in [4.78, 5) is 22.8. The van der Waals surface area contributed by atoms with Gasteiger partial charge in [-0.05, 0) is 36.3 Å². The van der Waals surface area contributed by atoms with Gasteiger partial charge in [0, 0.05) is 30.4 Å². The van der Waals surface area contributed by atoms with Crippen molar-refractivity contribution in [3.8, 4) is 0 Å². The van der Waals surface area contributed by atoms with E-state index in [1.807, 2.05) is 47.4 Å². The number of aromatic nitrogens is 4. The lowest BCUT2D eigenvalue weighted by molar-refractivity contribution is 0.0773. The van der Waals surface area contributed by atoms with Crippen LogP contribution >= 0.6 is 0 Å². The molecule has 0 spiro atoms. The van der Waals surface area contributed by atoms with Gasteiger partial charge in [0.25, 0.3) is 5.91 Å². The van der Waals surface area contributed by atoms with E-state index >= 15 is 0 Å². The zero-order chi connectivity index (χ0) is 20.6. The SMILES string of the molecule is O=C(c1ccccc1)N1CC=C(c2cncncn[nH]c2NCc2ccco2)CC1. The molecule has 30 heavy (non-hydrogen) atoms. The van der Waals surface area contributed by atoms with E-state index in [0.717, 1.165) is 16.9 Å². The van der Waals surface area contributed by atoms with Crippen molar-refractivity contribution in [1.29, 1.82) is 0 Å². The van der Waals surface area contributed by atoms with Gasteiger partial charge in [-0.1, -0.05) is 24.3 Å². The molecule has 0 saturated heterocycles. The third-order valence-electron chi connectivity index (χ3n) is 4.79. The summed E-state index contributed by atoms with van der Waals surface area (Å²) < 4.78 is 5.40. The van der Waals surface area contributed by atoms with Gasteiger partial charge < -0.3 is 14.6 Å². The van der Waals surface area contributed by atoms with E-state index in [0.29, 0.717) is 37.4 Å². The predicted octanol–water partition coefficient (Wildman–Crippen LogP) is 3.46. The number of nitrogens with one attached hydrogen (secondary N) is 2. The zero-order valence-corrected chi connectivity index (χ0v) is 16.4. The van der Waals surface area contributed by atoms with Crippen LogP contribution in [-0.4, -0.2) is 44.1 Å². The number of nitrogens with zero attached hydrogens (tertiary/aromatic N) is 4. The Morgan fingerprint density at radius 2 is 2.03 bits per heavy atom. The number of anilines is 1. The Labute approximate surface area is 174 Å². The van der Waals surface area contributed by atoms with Crippen LogP contribution in [0.2, 0.25) is 0 Å². The van der Waals surface area contributed by atoms with E-state index in [1.165, 1.54) is 12.7 Å². The summed E-state index contributed by atoms with van der Waals surface area (Å²) in [5, 5.41) is 10.4. The molecule has 0 unspecified atom stereocenters. The number of rotatable bonds is 5. The van der Waals surface area contributed by atoms with Crippen LogP contribution < -0.4 is 5.32 Å². The van der Waals surface area contributed by atoms with Crippen LogP contribution in [0.15, 0.2) is 78.1 Å². The first-order chi connectivity index (χ1) is 14.8. The first-order valence-corrected chi connectivity index (χ1v) is 9.68. The maximum absolute atomic E-state index is 12.7. The Hall–Kier alpha value is -3.94. The molecule has 8 heteroatoms. The summed E-state index contributed by atoms with van der Waals surface area (Å²) in [6.45, 7) is 1.65. The Bertz CT molecular complexity index is 1060. The molecule has 0 bridgehead atoms. The molecule has 0 radical (unpaired) electrons. The minimum absolute atomic E-state index is 0.0361. The summed E-state index contributed by atoms with van der Waals surface area (Å²) in [6, 6.07) is 13.1. The first-order valence-electron chi connectivity index (χ1n) is 9.68. The third kappa shape index (κ3) is 4.72. The third-order valence-corrected chi connectivity index (χ3v) is 4.79. The van der Waals surface area contributed by atoms with Gasteiger partial charge in [0.05, 0.1) is 12.8 Å². The minimum Gasteiger partial charge on any atom is -0.467 e. The van der Waals surface area contributed by atoms with E-state index in [9.17, 15) is 4.79 Å². The highest BCUT2D eigenvalue weighted by atomic mass is 16.3. The van der Waals surface area contributed by atoms with Crippen LogP contribution in [0.4, 0.5) is 5.82 Å². The van der Waals surface area contributed by atoms with Crippen molar-refractivity contribution in [2.24, 2.45) is 0 Å². The zero-order valence-electron chi connectivity index (χ0n) is 16.4. The summed E-state index contributed by atoms with van der Waals surface area (Å²) in [5.41, 5.74) is 2.65. The Morgan fingerprint density at radius 1 is 1.13 bits per heavy atom. The number of benzene rings is 1. The molecule has 3 heterocycles. The molecule has 0 aliphatic carbocycles. The number of carbonyl (C=O) groups is 1. The fraction of sp³-hybridized carbons (Fsp3) is 0.182. The molecule has 1 aliphatic rings. The Kier molecular flexibility index (Phi) is 6.14. The van der Waals surface area contributed by atoms with Gasteiger partial charge >= 0.3 is 0 Å². The number of H-pyrrole nitrogens is 1. The van der Waals surface area contributed by atoms with Crippen LogP contribution in [0, 0.1) is 0 Å². The normalized spacial score (nSPS) is 13.3. The van der Waals surface area contributed by atoms with Crippen LogP contribution in [0.1, 0.15) is 28.1 Å². The van der Waals surface area contributed by atoms with Crippen molar-refractivity contribution in [2.45, 2.75) is 13.0 Å². The van der Waals surface area contributed by atoms with Gasteiger partial charge in [-0.2, -0.15) is 5.10 Å². The highest BCUT2D eigenvalue weighted by Crippen LogP contribution is 2.26. The summed E-state index contributed by atoms with van der Waals surface area (Å²) in [5.74, 6) is 1.54. The number of aromatic amines is 1. The molecule has 1 amide bonds. The molecule has 3 aromatic rings. The second-order valence-electron chi connectivity index (χ2n) is 6.72. The topological polar surface area (TPSA) is 99.9 Å². The monoisotopic (exact) mass is 402 g/mol. The fourth-order valence-corrected chi connectivity index (χ4v) is 3.26. The average Bonchev–Trinajstić information content (AvgIpc) is 3.35. The minimum atomic E-state index is 0.0361. The van der Waals surface area contributed by atoms with E-state index in [2.05, 4.69) is 31.6 Å². The summed E-state index contributed by atoms with van der Waals surface area (Å²) >= 11 is 0. The molecule has 1 aliphatic heterocycles. The average molecular weight is 402 g/mol. The number of hydrogen-bond donors (Lipinski definition) is 2. The van der Waals surface area contributed by atoms with Crippen LogP contribution in [0.5, 0.6) is 0 Å². The van der Waals surface area contributed by atoms with Crippen molar-refractivity contribution < 1.29 is 9.21 Å². The van der Waals surface area contributed by atoms with Crippen LogP contribution in [0.3, 0.4) is 0 Å². The maximum atomic E-state index is 12.7. The fourth-order valence-electron chi connectivity index (χ4n) is 3.26. The van der Waals surface area contributed by atoms with Gasteiger partial charge in [-0.3, -0.25) is 9.89 Å². The van der Waals surface area contributed by atoms with Gasteiger partial charge in [-0.15, -0.1) is 0 Å². The van der Waals surface area contributed by atoms with Gasteiger partial charge in [0.15, 0.2) is 0 Å². The quantitative estimate of drug-likeness (QED) is 0.678. The van der Waals surface area contributed by atoms with Crippen molar-refractivity contribution in [1.82, 2.24) is 25.1 Å². The second kappa shape index (κ2) is 9.51. The number of furan rings is 1. The van der Waals surface area contributed by atoms with Gasteiger partial charge in [0.1, 0.15) is 24.2 Å². The Morgan fingerprint density at radius 3 is 2.80 bits per heavy atom. The lowest BCUT2D eigenvalue weighted by atomic mass is 10.0. The van der Waals surface area contributed by atoms with Gasteiger partial charge in [0.2, 0.25) is 0 Å². The molecule has 0 fully saturated rings. The van der Waals surface area contributed by atoms with Crippen LogP contribution in [0.25, 0.3) is 5.57 Å². The highest BCUT2D eigenvalue weighted by Gasteiger charge is 2.20. The summed E-state index contributed by atoms with van der Waals surface area (Å²) in [6.07, 6.45) is 8.98. The Balaban J connectivity index is 1.57. The molecule has 0 saturated carbocycles. The lowest BCUT2D eigenvalue weighted by Gasteiger charge is -2.27. The predicted molar refractivity (Wildman–Crippen MR) is 113 cm³/mol. The van der Waals surface area contributed by atoms with E-state index in [1.54, 1.807) is 12.5 Å². The standard InChI is InChI=1S/C22H22N6O2/c29-22(18-5-2-1-3-6-18)28-10-8-17(9-11-28)20-14-23-15-24-16-26-27-21(20)25-13-19-7-4-12-30-19/h1-8,12,14-16,25,27H,9-11,13H2. The largest absolute Gasteiger partial charge is 0.467 e. The molecular formula is C22H22N6O2. The maximum Gasteiger partial charge on any atom is 0.254 e. The van der Waals surface area contributed by atoms with Crippen molar-refractivity contribution in [3.05, 3.63) is 90.5 Å². The van der Waals surface area contributed by atoms with E-state index in [-0.39, 0.29) is 5.91 Å². The van der Waals surface area contributed by atoms with Crippen LogP contribution in [-0.2, 0) is 6.54 Å². The number of hydrogen-bond acceptors (Lipinski definition) is 6. The lowest BCUT2D eigenvalue weighted by Crippen LogP contribution is -2.34. The number of carbonyl (C=O) groups excluding carboxylic acids is 1. The molecule has 1 aromatic carbocycles. The molecule has 0 atom stereocenters. The van der Waals surface area contributed by atoms with Crippen molar-refractivity contribution in [3.63, 3.8) is 0 Å². The smallest absolute Gasteiger partial charge is 0.254 e. The van der Waals surface area contributed by atoms with Gasteiger partial charge in [-0.25, -0.2) is 9.97 Å². The second-order valence-corrected chi connectivity index (χ2v) is 6.72. The van der Waals surface area contributed by atoms with E-state index < -0.39 is 0 Å². The molecule has 4 rings (SSSR count). The highest BCUT2D eigenvalue weighted by molar-refractivity contribution is 5.94. The van der Waals surface area contributed by atoms with Crippen molar-refractivity contribution in [2.75, 3.05) is 18.4 Å².